The summed E-state index contributed by atoms with van der Waals surface area (Å²) < 4.78 is 4.59. The molecule has 0 aromatic carbocycles. The first-order chi connectivity index (χ1) is 6.24. The summed E-state index contributed by atoms with van der Waals surface area (Å²) >= 11 is 0. The second-order valence-electron chi connectivity index (χ2n) is 3.84. The third kappa shape index (κ3) is 3.35. The molecule has 0 aromatic rings. The van der Waals surface area contributed by atoms with Crippen molar-refractivity contribution in [2.75, 3.05) is 7.11 Å². The van der Waals surface area contributed by atoms with E-state index in [1.165, 1.54) is 39.2 Å². The number of carbonyl (C=O) groups excluding carboxylic acids is 1. The summed E-state index contributed by atoms with van der Waals surface area (Å²) in [6.45, 7) is 0. The average Bonchev–Trinajstić information content (AvgIpc) is 2.19. The van der Waals surface area contributed by atoms with Crippen LogP contribution in [0, 0.1) is 5.92 Å². The molecule has 0 spiro atoms. The Balaban J connectivity index is 2.28. The van der Waals surface area contributed by atoms with Gasteiger partial charge in [-0.2, -0.15) is 0 Å². The van der Waals surface area contributed by atoms with Gasteiger partial charge in [-0.15, -0.1) is 0 Å². The molecular formula is C10H19NO2. The lowest BCUT2D eigenvalue weighted by Gasteiger charge is -2.26. The Hall–Kier alpha value is -0.570. The monoisotopic (exact) mass is 185 g/mol. The van der Waals surface area contributed by atoms with E-state index in [1.807, 2.05) is 0 Å². The van der Waals surface area contributed by atoms with E-state index < -0.39 is 0 Å². The molecule has 1 atom stereocenters. The molecule has 1 fully saturated rings. The second kappa shape index (κ2) is 5.22. The number of hydrogen-bond donors (Lipinski definition) is 1. The minimum atomic E-state index is -0.182. The van der Waals surface area contributed by atoms with Crippen molar-refractivity contribution in [2.45, 2.75) is 44.6 Å². The molecule has 1 aliphatic carbocycles. The number of ether oxygens (including phenoxy) is 1. The highest BCUT2D eigenvalue weighted by Crippen LogP contribution is 2.26. The molecule has 1 aliphatic rings. The van der Waals surface area contributed by atoms with Gasteiger partial charge in [0, 0.05) is 6.04 Å². The van der Waals surface area contributed by atoms with Gasteiger partial charge in [0.25, 0.3) is 0 Å². The van der Waals surface area contributed by atoms with Gasteiger partial charge in [0.05, 0.1) is 13.5 Å². The molecule has 0 aromatic heterocycles. The molecule has 0 bridgehead atoms. The highest BCUT2D eigenvalue weighted by Gasteiger charge is 2.22. The summed E-state index contributed by atoms with van der Waals surface area (Å²) in [5.41, 5.74) is 5.92. The standard InChI is InChI=1S/C10H19NO2/c1-13-10(12)7-9(11)8-5-3-2-4-6-8/h8-9H,2-7,11H2,1H3/t9-/m0/s1. The van der Waals surface area contributed by atoms with E-state index in [0.717, 1.165) is 0 Å². The van der Waals surface area contributed by atoms with Crippen LogP contribution >= 0.6 is 0 Å². The summed E-state index contributed by atoms with van der Waals surface area (Å²) in [5.74, 6) is 0.353. The second-order valence-corrected chi connectivity index (χ2v) is 3.84. The van der Waals surface area contributed by atoms with Crippen molar-refractivity contribution in [1.29, 1.82) is 0 Å². The van der Waals surface area contributed by atoms with Gasteiger partial charge in [0.15, 0.2) is 0 Å². The van der Waals surface area contributed by atoms with Crippen LogP contribution in [-0.2, 0) is 9.53 Å². The molecule has 0 amide bonds. The van der Waals surface area contributed by atoms with Gasteiger partial charge in [-0.1, -0.05) is 19.3 Å². The molecule has 3 heteroatoms. The molecule has 3 nitrogen and oxygen atoms in total. The maximum absolute atomic E-state index is 11.0. The lowest BCUT2D eigenvalue weighted by molar-refractivity contribution is -0.141. The average molecular weight is 185 g/mol. The summed E-state index contributed by atoms with van der Waals surface area (Å²) in [5, 5.41) is 0. The molecule has 0 saturated heterocycles. The van der Waals surface area contributed by atoms with Gasteiger partial charge in [0.2, 0.25) is 0 Å². The number of carbonyl (C=O) groups is 1. The normalized spacial score (nSPS) is 21.1. The van der Waals surface area contributed by atoms with Crippen molar-refractivity contribution in [3.8, 4) is 0 Å². The molecule has 2 N–H and O–H groups in total. The fourth-order valence-corrected chi connectivity index (χ4v) is 2.00. The first kappa shape index (κ1) is 10.5. The molecule has 0 heterocycles. The third-order valence-corrected chi connectivity index (χ3v) is 2.89. The highest BCUT2D eigenvalue weighted by atomic mass is 16.5. The third-order valence-electron chi connectivity index (χ3n) is 2.89. The van der Waals surface area contributed by atoms with Crippen LogP contribution in [0.4, 0.5) is 0 Å². The van der Waals surface area contributed by atoms with E-state index in [-0.39, 0.29) is 12.0 Å². The molecule has 1 rings (SSSR count). The van der Waals surface area contributed by atoms with Crippen LogP contribution in [0.15, 0.2) is 0 Å². The quantitative estimate of drug-likeness (QED) is 0.677. The van der Waals surface area contributed by atoms with Crippen molar-refractivity contribution < 1.29 is 9.53 Å². The van der Waals surface area contributed by atoms with Crippen molar-refractivity contribution in [3.05, 3.63) is 0 Å². The van der Waals surface area contributed by atoms with Crippen molar-refractivity contribution in [2.24, 2.45) is 11.7 Å². The Morgan fingerprint density at radius 2 is 2.08 bits per heavy atom. The zero-order chi connectivity index (χ0) is 9.68. The Morgan fingerprint density at radius 1 is 1.46 bits per heavy atom. The van der Waals surface area contributed by atoms with Gasteiger partial charge in [0.1, 0.15) is 0 Å². The minimum Gasteiger partial charge on any atom is -0.469 e. The Labute approximate surface area is 79.6 Å². The maximum Gasteiger partial charge on any atom is 0.307 e. The molecule has 1 saturated carbocycles. The molecule has 76 valence electrons. The van der Waals surface area contributed by atoms with Crippen LogP contribution in [0.3, 0.4) is 0 Å². The minimum absolute atomic E-state index is 0.00718. The lowest BCUT2D eigenvalue weighted by atomic mass is 9.83. The Bertz CT molecular complexity index is 164. The Morgan fingerprint density at radius 3 is 2.62 bits per heavy atom. The number of rotatable bonds is 3. The Kier molecular flexibility index (Phi) is 4.22. The van der Waals surface area contributed by atoms with Crippen molar-refractivity contribution >= 4 is 5.97 Å². The van der Waals surface area contributed by atoms with Crippen LogP contribution in [0.5, 0.6) is 0 Å². The van der Waals surface area contributed by atoms with Crippen molar-refractivity contribution in [1.82, 2.24) is 0 Å². The zero-order valence-electron chi connectivity index (χ0n) is 8.29. The number of nitrogens with two attached hydrogens (primary N) is 1. The van der Waals surface area contributed by atoms with Crippen LogP contribution in [0.1, 0.15) is 38.5 Å². The number of methoxy groups -OCH3 is 1. The van der Waals surface area contributed by atoms with Crippen molar-refractivity contribution in [3.63, 3.8) is 0 Å². The molecular weight excluding hydrogens is 166 g/mol. The molecule has 13 heavy (non-hydrogen) atoms. The smallest absolute Gasteiger partial charge is 0.307 e. The van der Waals surface area contributed by atoms with Gasteiger partial charge in [-0.05, 0) is 18.8 Å². The van der Waals surface area contributed by atoms with Gasteiger partial charge in [-0.3, -0.25) is 4.79 Å². The van der Waals surface area contributed by atoms with E-state index in [4.69, 9.17) is 5.73 Å². The van der Waals surface area contributed by atoms with Crippen LogP contribution in [0.25, 0.3) is 0 Å². The lowest BCUT2D eigenvalue weighted by Crippen LogP contribution is -2.34. The first-order valence-electron chi connectivity index (χ1n) is 5.06. The summed E-state index contributed by atoms with van der Waals surface area (Å²) in [6, 6.07) is 0.00718. The molecule has 0 unspecified atom stereocenters. The highest BCUT2D eigenvalue weighted by molar-refractivity contribution is 5.69. The van der Waals surface area contributed by atoms with Gasteiger partial charge < -0.3 is 10.5 Å². The summed E-state index contributed by atoms with van der Waals surface area (Å²) in [7, 11) is 1.41. The van der Waals surface area contributed by atoms with E-state index in [2.05, 4.69) is 4.74 Å². The largest absolute Gasteiger partial charge is 0.469 e. The fourth-order valence-electron chi connectivity index (χ4n) is 2.00. The SMILES string of the molecule is COC(=O)C[C@H](N)C1CCCCC1. The number of hydrogen-bond acceptors (Lipinski definition) is 3. The first-order valence-corrected chi connectivity index (χ1v) is 5.06. The van der Waals surface area contributed by atoms with E-state index in [1.54, 1.807) is 0 Å². The molecule has 0 aliphatic heterocycles. The maximum atomic E-state index is 11.0. The molecule has 0 radical (unpaired) electrons. The van der Waals surface area contributed by atoms with E-state index in [0.29, 0.717) is 12.3 Å². The zero-order valence-corrected chi connectivity index (χ0v) is 8.29. The number of esters is 1. The van der Waals surface area contributed by atoms with Crippen LogP contribution in [0.2, 0.25) is 0 Å². The van der Waals surface area contributed by atoms with Crippen LogP contribution < -0.4 is 5.73 Å². The predicted molar refractivity (Wildman–Crippen MR) is 51.2 cm³/mol. The fraction of sp³-hybridized carbons (Fsp3) is 0.900. The summed E-state index contributed by atoms with van der Waals surface area (Å²) in [4.78, 5) is 11.0. The van der Waals surface area contributed by atoms with Gasteiger partial charge >= 0.3 is 5.97 Å². The van der Waals surface area contributed by atoms with Crippen LogP contribution in [-0.4, -0.2) is 19.1 Å². The van der Waals surface area contributed by atoms with Gasteiger partial charge in [-0.25, -0.2) is 0 Å². The van der Waals surface area contributed by atoms with E-state index >= 15 is 0 Å². The summed E-state index contributed by atoms with van der Waals surface area (Å²) in [6.07, 6.45) is 6.58. The topological polar surface area (TPSA) is 52.3 Å². The van der Waals surface area contributed by atoms with E-state index in [9.17, 15) is 4.79 Å². The predicted octanol–water partition coefficient (Wildman–Crippen LogP) is 1.46.